The number of hydrogen-bond donors (Lipinski definition) is 1. The van der Waals surface area contributed by atoms with Gasteiger partial charge in [-0.3, -0.25) is 13.8 Å². The van der Waals surface area contributed by atoms with E-state index in [1.165, 1.54) is 4.68 Å². The van der Waals surface area contributed by atoms with Gasteiger partial charge in [0.05, 0.1) is 23.7 Å². The van der Waals surface area contributed by atoms with Crippen LogP contribution in [-0.2, 0) is 21.9 Å². The van der Waals surface area contributed by atoms with E-state index in [0.29, 0.717) is 35.1 Å². The number of rotatable bonds is 8. The van der Waals surface area contributed by atoms with Gasteiger partial charge in [0.15, 0.2) is 0 Å². The van der Waals surface area contributed by atoms with Crippen LogP contribution in [0.1, 0.15) is 29.4 Å². The summed E-state index contributed by atoms with van der Waals surface area (Å²) >= 11 is 0. The first-order valence-corrected chi connectivity index (χ1v) is 12.1. The van der Waals surface area contributed by atoms with E-state index in [-0.39, 0.29) is 11.4 Å². The predicted octanol–water partition coefficient (Wildman–Crippen LogP) is 3.89. The molecule has 176 valence electrons. The lowest BCUT2D eigenvalue weighted by Crippen LogP contribution is -2.38. The zero-order chi connectivity index (χ0) is 24.3. The fourth-order valence-electron chi connectivity index (χ4n) is 3.78. The van der Waals surface area contributed by atoms with Crippen LogP contribution in [0.15, 0.2) is 47.4 Å². The maximum atomic E-state index is 13.8. The van der Waals surface area contributed by atoms with Gasteiger partial charge in [0.1, 0.15) is 17.2 Å². The van der Waals surface area contributed by atoms with E-state index in [4.69, 9.17) is 4.74 Å². The smallest absolute Gasteiger partial charge is 0.268 e. The Labute approximate surface area is 195 Å². The molecule has 8 nitrogen and oxygen atoms in total. The van der Waals surface area contributed by atoms with Crippen molar-refractivity contribution in [2.45, 2.75) is 39.5 Å². The molecule has 1 amide bonds. The molecule has 33 heavy (non-hydrogen) atoms. The number of nitrogens with one attached hydrogen (secondary N) is 1. The van der Waals surface area contributed by atoms with Gasteiger partial charge in [0.25, 0.3) is 10.0 Å². The molecule has 0 unspecified atom stereocenters. The fourth-order valence-corrected chi connectivity index (χ4v) is 5.59. The maximum absolute atomic E-state index is 13.8. The van der Waals surface area contributed by atoms with Gasteiger partial charge in [-0.15, -0.1) is 0 Å². The minimum Gasteiger partial charge on any atom is -0.494 e. The SMILES string of the molecule is CCOc1ccc(NC(=O)CN(c2cc(C)cc(C)c2)S(=O)(=O)c2c(C)nn(C)c2C)cc1. The van der Waals surface area contributed by atoms with Crippen LogP contribution in [0.25, 0.3) is 0 Å². The minimum atomic E-state index is -4.06. The van der Waals surface area contributed by atoms with Gasteiger partial charge in [-0.2, -0.15) is 5.10 Å². The molecule has 2 aromatic carbocycles. The Morgan fingerprint density at radius 1 is 1.06 bits per heavy atom. The summed E-state index contributed by atoms with van der Waals surface area (Å²) in [5, 5.41) is 7.03. The molecular weight excluding hydrogens is 440 g/mol. The summed E-state index contributed by atoms with van der Waals surface area (Å²) in [6, 6.07) is 12.4. The summed E-state index contributed by atoms with van der Waals surface area (Å²) in [6.45, 7) is 9.19. The summed E-state index contributed by atoms with van der Waals surface area (Å²) in [5.74, 6) is 0.235. The number of amides is 1. The second-order valence-corrected chi connectivity index (χ2v) is 9.79. The fraction of sp³-hybridized carbons (Fsp3) is 0.333. The second kappa shape index (κ2) is 9.66. The second-order valence-electron chi connectivity index (χ2n) is 7.99. The van der Waals surface area contributed by atoms with Gasteiger partial charge >= 0.3 is 0 Å². The Balaban J connectivity index is 1.98. The van der Waals surface area contributed by atoms with Crippen LogP contribution in [0.2, 0.25) is 0 Å². The Hall–Kier alpha value is -3.33. The van der Waals surface area contributed by atoms with Gasteiger partial charge in [0.2, 0.25) is 5.91 Å². The monoisotopic (exact) mass is 470 g/mol. The summed E-state index contributed by atoms with van der Waals surface area (Å²) in [4.78, 5) is 13.1. The quantitative estimate of drug-likeness (QED) is 0.539. The van der Waals surface area contributed by atoms with E-state index in [2.05, 4.69) is 10.4 Å². The lowest BCUT2D eigenvalue weighted by molar-refractivity contribution is -0.114. The standard InChI is InChI=1S/C24H30N4O4S/c1-7-32-22-10-8-20(9-11-22)25-23(29)15-28(21-13-16(2)12-17(3)14-21)33(30,31)24-18(4)26-27(6)19(24)5/h8-14H,7,15H2,1-6H3,(H,25,29). The zero-order valence-electron chi connectivity index (χ0n) is 19.8. The number of nitrogens with zero attached hydrogens (tertiary/aromatic N) is 3. The molecule has 1 heterocycles. The van der Waals surface area contributed by atoms with Crippen LogP contribution in [0, 0.1) is 27.7 Å². The van der Waals surface area contributed by atoms with Crippen molar-refractivity contribution in [3.63, 3.8) is 0 Å². The van der Waals surface area contributed by atoms with Gasteiger partial charge < -0.3 is 10.1 Å². The summed E-state index contributed by atoms with van der Waals surface area (Å²) in [5.41, 5.74) is 3.67. The predicted molar refractivity (Wildman–Crippen MR) is 129 cm³/mol. The highest BCUT2D eigenvalue weighted by Gasteiger charge is 2.32. The Bertz CT molecular complexity index is 1240. The van der Waals surface area contributed by atoms with E-state index in [1.807, 2.05) is 26.8 Å². The molecule has 0 aliphatic carbocycles. The molecular formula is C24H30N4O4S. The molecule has 3 aromatic rings. The maximum Gasteiger partial charge on any atom is 0.268 e. The Morgan fingerprint density at radius 2 is 1.67 bits per heavy atom. The molecule has 0 saturated heterocycles. The third-order valence-corrected chi connectivity index (χ3v) is 7.25. The lowest BCUT2D eigenvalue weighted by Gasteiger charge is -2.25. The molecule has 1 N–H and O–H groups in total. The van der Waals surface area contributed by atoms with Crippen LogP contribution < -0.4 is 14.4 Å². The molecule has 9 heteroatoms. The highest BCUT2D eigenvalue weighted by Crippen LogP contribution is 2.29. The number of hydrogen-bond acceptors (Lipinski definition) is 5. The zero-order valence-corrected chi connectivity index (χ0v) is 20.7. The van der Waals surface area contributed by atoms with Gasteiger partial charge in [-0.25, -0.2) is 8.42 Å². The average molecular weight is 471 g/mol. The number of anilines is 2. The van der Waals surface area contributed by atoms with Crippen LogP contribution in [0.4, 0.5) is 11.4 Å². The van der Waals surface area contributed by atoms with Crippen LogP contribution in [0.5, 0.6) is 5.75 Å². The van der Waals surface area contributed by atoms with Gasteiger partial charge in [-0.05, 0) is 82.1 Å². The van der Waals surface area contributed by atoms with Crippen LogP contribution in [-0.4, -0.2) is 37.3 Å². The minimum absolute atomic E-state index is 0.109. The van der Waals surface area contributed by atoms with Crippen molar-refractivity contribution in [2.75, 3.05) is 22.8 Å². The van der Waals surface area contributed by atoms with Crippen molar-refractivity contribution in [3.05, 3.63) is 65.0 Å². The largest absolute Gasteiger partial charge is 0.494 e. The highest BCUT2D eigenvalue weighted by atomic mass is 32.2. The Morgan fingerprint density at radius 3 is 2.18 bits per heavy atom. The molecule has 0 spiro atoms. The van der Waals surface area contributed by atoms with Crippen LogP contribution >= 0.6 is 0 Å². The average Bonchev–Trinajstić information content (AvgIpc) is 2.99. The van der Waals surface area contributed by atoms with Gasteiger partial charge in [-0.1, -0.05) is 6.07 Å². The Kier molecular flexibility index (Phi) is 7.12. The number of aryl methyl sites for hydroxylation is 4. The van der Waals surface area contributed by atoms with E-state index in [9.17, 15) is 13.2 Å². The van der Waals surface area contributed by atoms with Crippen molar-refractivity contribution in [2.24, 2.45) is 7.05 Å². The van der Waals surface area contributed by atoms with E-state index in [1.54, 1.807) is 57.3 Å². The molecule has 0 saturated carbocycles. The first-order valence-electron chi connectivity index (χ1n) is 10.7. The van der Waals surface area contributed by atoms with Gasteiger partial charge in [0, 0.05) is 12.7 Å². The molecule has 1 aromatic heterocycles. The number of carbonyl (C=O) groups is 1. The van der Waals surface area contributed by atoms with Crippen molar-refractivity contribution >= 4 is 27.3 Å². The number of benzene rings is 2. The van der Waals surface area contributed by atoms with Crippen molar-refractivity contribution in [1.29, 1.82) is 0 Å². The van der Waals surface area contributed by atoms with E-state index in [0.717, 1.165) is 15.4 Å². The number of ether oxygens (including phenoxy) is 1. The summed E-state index contributed by atoms with van der Waals surface area (Å²) < 4.78 is 35.7. The summed E-state index contributed by atoms with van der Waals surface area (Å²) in [7, 11) is -2.36. The normalized spacial score (nSPS) is 11.3. The third-order valence-electron chi connectivity index (χ3n) is 5.22. The van der Waals surface area contributed by atoms with Crippen molar-refractivity contribution in [3.8, 4) is 5.75 Å². The lowest BCUT2D eigenvalue weighted by atomic mass is 10.1. The van der Waals surface area contributed by atoms with Crippen molar-refractivity contribution in [1.82, 2.24) is 9.78 Å². The first kappa shape index (κ1) is 24.3. The molecule has 0 fully saturated rings. The van der Waals surface area contributed by atoms with E-state index >= 15 is 0 Å². The molecule has 0 radical (unpaired) electrons. The molecule has 0 atom stereocenters. The van der Waals surface area contributed by atoms with E-state index < -0.39 is 15.9 Å². The number of sulfonamides is 1. The third kappa shape index (κ3) is 5.36. The topological polar surface area (TPSA) is 93.5 Å². The molecule has 0 aliphatic heterocycles. The summed E-state index contributed by atoms with van der Waals surface area (Å²) in [6.07, 6.45) is 0. The van der Waals surface area contributed by atoms with Crippen molar-refractivity contribution < 1.29 is 17.9 Å². The highest BCUT2D eigenvalue weighted by molar-refractivity contribution is 7.93. The van der Waals surface area contributed by atoms with Crippen LogP contribution in [0.3, 0.4) is 0 Å². The number of carbonyl (C=O) groups excluding carboxylic acids is 1. The molecule has 3 rings (SSSR count). The first-order chi connectivity index (χ1) is 15.5. The molecule has 0 aliphatic rings. The number of aromatic nitrogens is 2. The molecule has 0 bridgehead atoms.